The summed E-state index contributed by atoms with van der Waals surface area (Å²) in [5, 5.41) is 0.619. The zero-order valence-electron chi connectivity index (χ0n) is 13.4. The van der Waals surface area contributed by atoms with Crippen molar-refractivity contribution in [3.05, 3.63) is 46.0 Å². The van der Waals surface area contributed by atoms with Gasteiger partial charge in [0.15, 0.2) is 0 Å². The van der Waals surface area contributed by atoms with E-state index < -0.39 is 16.9 Å². The molecule has 1 unspecified atom stereocenters. The van der Waals surface area contributed by atoms with Crippen LogP contribution in [-0.2, 0) is 4.74 Å². The molecule has 1 fully saturated rings. The van der Waals surface area contributed by atoms with Gasteiger partial charge in [0.05, 0.1) is 23.8 Å². The molecule has 5 nitrogen and oxygen atoms in total. The van der Waals surface area contributed by atoms with Crippen molar-refractivity contribution in [2.75, 3.05) is 13.2 Å². The molecule has 6 heteroatoms. The van der Waals surface area contributed by atoms with Crippen molar-refractivity contribution < 1.29 is 13.9 Å². The first-order valence-corrected chi connectivity index (χ1v) is 7.54. The van der Waals surface area contributed by atoms with E-state index in [1.807, 2.05) is 20.8 Å². The third-order valence-corrected chi connectivity index (χ3v) is 4.18. The Morgan fingerprint density at radius 1 is 1.39 bits per heavy atom. The molecule has 1 aromatic carbocycles. The van der Waals surface area contributed by atoms with E-state index in [1.165, 1.54) is 18.2 Å². The number of nitrogens with zero attached hydrogens (tertiary/aromatic N) is 1. The Balaban J connectivity index is 2.05. The van der Waals surface area contributed by atoms with Crippen LogP contribution in [0.1, 0.15) is 31.1 Å². The number of halogens is 1. The average molecular weight is 318 g/mol. The maximum Gasteiger partial charge on any atom is 0.261 e. The Morgan fingerprint density at radius 2 is 2.13 bits per heavy atom. The lowest BCUT2D eigenvalue weighted by Gasteiger charge is -2.44. The number of carbonyl (C=O) groups is 1. The van der Waals surface area contributed by atoms with Gasteiger partial charge in [-0.15, -0.1) is 0 Å². The van der Waals surface area contributed by atoms with Gasteiger partial charge in [-0.1, -0.05) is 0 Å². The number of amides is 1. The molecule has 0 saturated carbocycles. The summed E-state index contributed by atoms with van der Waals surface area (Å²) in [7, 11) is 0. The van der Waals surface area contributed by atoms with Gasteiger partial charge in [0.2, 0.25) is 0 Å². The second-order valence-electron chi connectivity index (χ2n) is 6.59. The number of carbonyl (C=O) groups excluding carboxylic acids is 1. The van der Waals surface area contributed by atoms with Crippen molar-refractivity contribution in [3.8, 4) is 0 Å². The van der Waals surface area contributed by atoms with Crippen LogP contribution >= 0.6 is 0 Å². The number of fused-ring (bicyclic) bond motifs is 1. The normalized spacial score (nSPS) is 20.7. The highest BCUT2D eigenvalue weighted by Crippen LogP contribution is 2.24. The van der Waals surface area contributed by atoms with Crippen LogP contribution in [0.2, 0.25) is 0 Å². The molecule has 0 bridgehead atoms. The highest BCUT2D eigenvalue weighted by atomic mass is 19.1. The first-order valence-electron chi connectivity index (χ1n) is 7.54. The summed E-state index contributed by atoms with van der Waals surface area (Å²) in [5.74, 6) is -0.770. The zero-order chi connectivity index (χ0) is 16.8. The summed E-state index contributed by atoms with van der Waals surface area (Å²) in [6, 6.07) is 5.61. The number of ether oxygens (including phenoxy) is 1. The molecule has 1 aliphatic heterocycles. The van der Waals surface area contributed by atoms with Gasteiger partial charge in [0, 0.05) is 6.54 Å². The van der Waals surface area contributed by atoms with E-state index in [2.05, 4.69) is 4.98 Å². The number of aromatic nitrogens is 1. The minimum Gasteiger partial charge on any atom is -0.374 e. The standard InChI is InChI=1S/C17H19FN2O3/c1-10-8-20(17(2,3)9-23-10)16(22)13-6-11-4-5-12(18)7-14(11)19-15(13)21/h4-7,10H,8-9H2,1-3H3,(H,19,21). The third kappa shape index (κ3) is 2.86. The Morgan fingerprint density at radius 3 is 2.87 bits per heavy atom. The SMILES string of the molecule is CC1CN(C(=O)c2cc3ccc(F)cc3[nH]c2=O)C(C)(C)CO1. The minimum absolute atomic E-state index is 0.0614. The van der Waals surface area contributed by atoms with Gasteiger partial charge in [-0.3, -0.25) is 9.59 Å². The zero-order valence-corrected chi connectivity index (χ0v) is 13.4. The molecule has 122 valence electrons. The van der Waals surface area contributed by atoms with E-state index in [9.17, 15) is 14.0 Å². The molecule has 23 heavy (non-hydrogen) atoms. The van der Waals surface area contributed by atoms with Gasteiger partial charge in [-0.2, -0.15) is 0 Å². The van der Waals surface area contributed by atoms with Gasteiger partial charge >= 0.3 is 0 Å². The first kappa shape index (κ1) is 15.7. The third-order valence-electron chi connectivity index (χ3n) is 4.18. The first-order chi connectivity index (χ1) is 10.8. The van der Waals surface area contributed by atoms with Gasteiger partial charge in [0.1, 0.15) is 11.4 Å². The van der Waals surface area contributed by atoms with Crippen LogP contribution in [0.3, 0.4) is 0 Å². The van der Waals surface area contributed by atoms with Gasteiger partial charge in [-0.05, 0) is 50.4 Å². The van der Waals surface area contributed by atoms with Gasteiger partial charge in [0.25, 0.3) is 11.5 Å². The predicted molar refractivity (Wildman–Crippen MR) is 85.1 cm³/mol. The van der Waals surface area contributed by atoms with Crippen molar-refractivity contribution in [1.82, 2.24) is 9.88 Å². The summed E-state index contributed by atoms with van der Waals surface area (Å²) in [6.07, 6.45) is -0.0828. The monoisotopic (exact) mass is 318 g/mol. The quantitative estimate of drug-likeness (QED) is 0.877. The molecule has 1 atom stereocenters. The van der Waals surface area contributed by atoms with Crippen LogP contribution in [0.5, 0.6) is 0 Å². The predicted octanol–water partition coefficient (Wildman–Crippen LogP) is 2.31. The molecular formula is C17H19FN2O3. The molecule has 1 N–H and O–H groups in total. The van der Waals surface area contributed by atoms with Crippen molar-refractivity contribution in [2.45, 2.75) is 32.4 Å². The number of morpholine rings is 1. The van der Waals surface area contributed by atoms with E-state index in [1.54, 1.807) is 11.0 Å². The number of hydrogen-bond acceptors (Lipinski definition) is 3. The fourth-order valence-corrected chi connectivity index (χ4v) is 2.82. The highest BCUT2D eigenvalue weighted by Gasteiger charge is 2.37. The van der Waals surface area contributed by atoms with E-state index in [0.717, 1.165) is 0 Å². The molecule has 1 aromatic heterocycles. The van der Waals surface area contributed by atoms with Crippen LogP contribution in [0.4, 0.5) is 4.39 Å². The van der Waals surface area contributed by atoms with E-state index >= 15 is 0 Å². The number of rotatable bonds is 1. The summed E-state index contributed by atoms with van der Waals surface area (Å²) in [5.41, 5.74) is -0.566. The molecule has 1 aliphatic rings. The second-order valence-corrected chi connectivity index (χ2v) is 6.59. The number of pyridine rings is 1. The lowest BCUT2D eigenvalue weighted by atomic mass is 9.99. The topological polar surface area (TPSA) is 62.4 Å². The Hall–Kier alpha value is -2.21. The van der Waals surface area contributed by atoms with E-state index in [0.29, 0.717) is 24.1 Å². The Labute approximate surface area is 133 Å². The molecule has 2 heterocycles. The highest BCUT2D eigenvalue weighted by molar-refractivity contribution is 5.97. The Bertz CT molecular complexity index is 828. The molecule has 1 amide bonds. The molecule has 3 rings (SSSR count). The number of nitrogens with one attached hydrogen (secondary N) is 1. The minimum atomic E-state index is -0.511. The molecule has 0 radical (unpaired) electrons. The summed E-state index contributed by atoms with van der Waals surface area (Å²) in [4.78, 5) is 29.4. The molecule has 0 spiro atoms. The molecule has 0 aliphatic carbocycles. The van der Waals surface area contributed by atoms with Crippen LogP contribution < -0.4 is 5.56 Å². The fraction of sp³-hybridized carbons (Fsp3) is 0.412. The number of H-pyrrole nitrogens is 1. The largest absolute Gasteiger partial charge is 0.374 e. The van der Waals surface area contributed by atoms with Crippen molar-refractivity contribution in [3.63, 3.8) is 0 Å². The van der Waals surface area contributed by atoms with Crippen LogP contribution in [0.25, 0.3) is 10.9 Å². The van der Waals surface area contributed by atoms with E-state index in [4.69, 9.17) is 4.74 Å². The lowest BCUT2D eigenvalue weighted by Crippen LogP contribution is -2.58. The Kier molecular flexibility index (Phi) is 3.72. The smallest absolute Gasteiger partial charge is 0.261 e. The van der Waals surface area contributed by atoms with Crippen LogP contribution in [0.15, 0.2) is 29.1 Å². The average Bonchev–Trinajstić information content (AvgIpc) is 2.48. The maximum absolute atomic E-state index is 13.3. The van der Waals surface area contributed by atoms with E-state index in [-0.39, 0.29) is 17.6 Å². The van der Waals surface area contributed by atoms with Crippen molar-refractivity contribution >= 4 is 16.8 Å². The summed E-state index contributed by atoms with van der Waals surface area (Å²) in [6.45, 7) is 6.54. The van der Waals surface area contributed by atoms with Crippen molar-refractivity contribution in [1.29, 1.82) is 0 Å². The molecular weight excluding hydrogens is 299 g/mol. The fourth-order valence-electron chi connectivity index (χ4n) is 2.82. The lowest BCUT2D eigenvalue weighted by molar-refractivity contribution is -0.0756. The summed E-state index contributed by atoms with van der Waals surface area (Å²) < 4.78 is 18.9. The second kappa shape index (κ2) is 5.45. The van der Waals surface area contributed by atoms with Crippen LogP contribution in [-0.4, -0.2) is 40.6 Å². The summed E-state index contributed by atoms with van der Waals surface area (Å²) >= 11 is 0. The number of aromatic amines is 1. The molecule has 1 saturated heterocycles. The number of hydrogen-bond donors (Lipinski definition) is 1. The maximum atomic E-state index is 13.3. The van der Waals surface area contributed by atoms with Crippen molar-refractivity contribution in [2.24, 2.45) is 0 Å². The van der Waals surface area contributed by atoms with Gasteiger partial charge < -0.3 is 14.6 Å². The van der Waals surface area contributed by atoms with Crippen LogP contribution in [0, 0.1) is 5.82 Å². The van der Waals surface area contributed by atoms with Gasteiger partial charge in [-0.25, -0.2) is 4.39 Å². The number of benzene rings is 1. The molecule has 2 aromatic rings.